The highest BCUT2D eigenvalue weighted by Gasteiger charge is 2.28. The molecule has 0 unspecified atom stereocenters. The van der Waals surface area contributed by atoms with E-state index < -0.39 is 32.2 Å². The van der Waals surface area contributed by atoms with E-state index in [0.717, 1.165) is 35.2 Å². The van der Waals surface area contributed by atoms with E-state index in [-0.39, 0.29) is 33.8 Å². The molecule has 42 heavy (non-hydrogen) atoms. The van der Waals surface area contributed by atoms with Gasteiger partial charge in [-0.05, 0) is 56.3 Å². The Hall–Kier alpha value is -4.42. The van der Waals surface area contributed by atoms with Gasteiger partial charge in [0.15, 0.2) is 0 Å². The monoisotopic (exact) mass is 611 g/mol. The number of alkyl halides is 2. The summed E-state index contributed by atoms with van der Waals surface area (Å²) in [5, 5.41) is 3.05. The largest absolute Gasteiger partial charge is 0.346 e. The first kappa shape index (κ1) is 29.1. The molecule has 0 saturated heterocycles. The molecule has 8 nitrogen and oxygen atoms in total. The fourth-order valence-electron chi connectivity index (χ4n) is 4.37. The second-order valence-corrected chi connectivity index (χ2v) is 11.8. The molecule has 0 bridgehead atoms. The standard InChI is InChI=1S/C29H21ClF3N5O3S/c1-15-5-18(6-16(2)37-15)25-13-34-14-26(38-25)23-4-3-17-11-35-21(10-24(17)27(23)31)12-36-28(39)19-7-20(30)9-22(8-19)42(40,41)29(32)33/h3-11,13-14,29H,12H2,1-2H3,(H,36,39). The van der Waals surface area contributed by atoms with Crippen LogP contribution in [0.1, 0.15) is 27.4 Å². The quantitative estimate of drug-likeness (QED) is 0.237. The predicted molar refractivity (Wildman–Crippen MR) is 151 cm³/mol. The zero-order chi connectivity index (χ0) is 30.2. The highest BCUT2D eigenvalue weighted by molar-refractivity contribution is 7.91. The Morgan fingerprint density at radius 3 is 2.38 bits per heavy atom. The third-order valence-electron chi connectivity index (χ3n) is 6.31. The van der Waals surface area contributed by atoms with Gasteiger partial charge in [-0.25, -0.2) is 17.8 Å². The van der Waals surface area contributed by atoms with Gasteiger partial charge in [-0.15, -0.1) is 0 Å². The molecule has 0 aliphatic heterocycles. The fraction of sp³-hybridized carbons (Fsp3) is 0.138. The summed E-state index contributed by atoms with van der Waals surface area (Å²) in [7, 11) is -4.97. The Morgan fingerprint density at radius 1 is 0.952 bits per heavy atom. The van der Waals surface area contributed by atoms with Crippen molar-refractivity contribution in [1.82, 2.24) is 25.3 Å². The van der Waals surface area contributed by atoms with Crippen LogP contribution in [0.3, 0.4) is 0 Å². The maximum atomic E-state index is 15.8. The minimum absolute atomic E-state index is 0.169. The van der Waals surface area contributed by atoms with Crippen LogP contribution in [0, 0.1) is 19.7 Å². The van der Waals surface area contributed by atoms with Crippen LogP contribution in [0.15, 0.2) is 72.0 Å². The third-order valence-corrected chi connectivity index (χ3v) is 7.89. The SMILES string of the molecule is Cc1cc(-c2cncc(-c3ccc4cnc(CNC(=O)c5cc(Cl)cc(S(=O)(=O)C(F)F)c5)cc4c3F)n2)cc(C)n1. The normalized spacial score (nSPS) is 11.7. The van der Waals surface area contributed by atoms with Gasteiger partial charge in [-0.2, -0.15) is 8.78 Å². The number of rotatable bonds is 7. The smallest absolute Gasteiger partial charge is 0.341 e. The average molecular weight is 612 g/mol. The van der Waals surface area contributed by atoms with E-state index in [0.29, 0.717) is 16.8 Å². The molecule has 3 heterocycles. The number of aryl methyl sites for hydroxylation is 2. The Bertz CT molecular complexity index is 1950. The van der Waals surface area contributed by atoms with Gasteiger partial charge in [0.25, 0.3) is 5.91 Å². The van der Waals surface area contributed by atoms with Gasteiger partial charge >= 0.3 is 5.76 Å². The van der Waals surface area contributed by atoms with Gasteiger partial charge in [0.05, 0.1) is 40.9 Å². The van der Waals surface area contributed by atoms with Gasteiger partial charge in [0.2, 0.25) is 9.84 Å². The second-order valence-electron chi connectivity index (χ2n) is 9.42. The topological polar surface area (TPSA) is 115 Å². The number of pyridine rings is 2. The number of hydrogen-bond donors (Lipinski definition) is 1. The van der Waals surface area contributed by atoms with Crippen LogP contribution in [0.5, 0.6) is 0 Å². The number of sulfone groups is 1. The van der Waals surface area contributed by atoms with Crippen LogP contribution in [-0.4, -0.2) is 40.0 Å². The number of nitrogens with zero attached hydrogens (tertiary/aromatic N) is 4. The van der Waals surface area contributed by atoms with Crippen molar-refractivity contribution in [2.75, 3.05) is 0 Å². The molecule has 5 aromatic rings. The van der Waals surface area contributed by atoms with E-state index in [4.69, 9.17) is 11.6 Å². The van der Waals surface area contributed by atoms with Gasteiger partial charge in [-0.1, -0.05) is 17.7 Å². The molecule has 0 atom stereocenters. The first-order valence-electron chi connectivity index (χ1n) is 12.4. The number of fused-ring (bicyclic) bond motifs is 1. The number of carbonyl (C=O) groups is 1. The maximum absolute atomic E-state index is 15.8. The summed E-state index contributed by atoms with van der Waals surface area (Å²) in [5.74, 6) is -5.02. The van der Waals surface area contributed by atoms with Crippen molar-refractivity contribution in [2.45, 2.75) is 31.0 Å². The molecule has 0 aliphatic carbocycles. The number of aromatic nitrogens is 4. The lowest BCUT2D eigenvalue weighted by Gasteiger charge is -2.11. The lowest BCUT2D eigenvalue weighted by molar-refractivity contribution is 0.0950. The number of halogens is 4. The van der Waals surface area contributed by atoms with Gasteiger partial charge in [-0.3, -0.25) is 19.7 Å². The van der Waals surface area contributed by atoms with Crippen LogP contribution in [0.4, 0.5) is 13.2 Å². The zero-order valence-corrected chi connectivity index (χ0v) is 23.6. The minimum Gasteiger partial charge on any atom is -0.346 e. The van der Waals surface area contributed by atoms with Crippen molar-refractivity contribution in [3.63, 3.8) is 0 Å². The molecule has 0 radical (unpaired) electrons. The number of benzene rings is 2. The molecule has 0 spiro atoms. The third kappa shape index (κ3) is 5.95. The van der Waals surface area contributed by atoms with E-state index in [9.17, 15) is 22.0 Å². The molecule has 0 fully saturated rings. The Kier molecular flexibility index (Phi) is 7.93. The van der Waals surface area contributed by atoms with Crippen LogP contribution in [0.25, 0.3) is 33.3 Å². The van der Waals surface area contributed by atoms with Crippen molar-refractivity contribution in [1.29, 1.82) is 0 Å². The molecule has 1 N–H and O–H groups in total. The highest BCUT2D eigenvalue weighted by atomic mass is 35.5. The second kappa shape index (κ2) is 11.5. The summed E-state index contributed by atoms with van der Waals surface area (Å²) in [4.78, 5) is 29.4. The molecular formula is C29H21ClF3N5O3S. The minimum atomic E-state index is -4.97. The van der Waals surface area contributed by atoms with E-state index in [2.05, 4.69) is 25.3 Å². The molecule has 2 aromatic carbocycles. The van der Waals surface area contributed by atoms with Gasteiger partial charge in [0, 0.05) is 50.1 Å². The van der Waals surface area contributed by atoms with Gasteiger partial charge in [0.1, 0.15) is 5.82 Å². The summed E-state index contributed by atoms with van der Waals surface area (Å²) in [6.45, 7) is 3.57. The summed E-state index contributed by atoms with van der Waals surface area (Å²) in [6.07, 6.45) is 4.50. The maximum Gasteiger partial charge on any atom is 0.341 e. The number of hydrogen-bond acceptors (Lipinski definition) is 7. The summed E-state index contributed by atoms with van der Waals surface area (Å²) in [5.41, 5.74) is 3.57. The average Bonchev–Trinajstić information content (AvgIpc) is 2.95. The Balaban J connectivity index is 1.41. The zero-order valence-electron chi connectivity index (χ0n) is 22.1. The first-order chi connectivity index (χ1) is 19.9. The summed E-state index contributed by atoms with van der Waals surface area (Å²) in [6, 6.07) is 11.3. The molecule has 0 saturated carbocycles. The predicted octanol–water partition coefficient (Wildman–Crippen LogP) is 6.09. The summed E-state index contributed by atoms with van der Waals surface area (Å²) < 4.78 is 65.4. The first-order valence-corrected chi connectivity index (χ1v) is 14.3. The van der Waals surface area contributed by atoms with Crippen molar-refractivity contribution in [2.24, 2.45) is 0 Å². The number of nitrogens with one attached hydrogen (secondary N) is 1. The molecular weight excluding hydrogens is 591 g/mol. The van der Waals surface area contributed by atoms with Crippen LogP contribution >= 0.6 is 11.6 Å². The molecule has 5 rings (SSSR count). The van der Waals surface area contributed by atoms with Crippen molar-refractivity contribution in [3.05, 3.63) is 101 Å². The Morgan fingerprint density at radius 2 is 1.67 bits per heavy atom. The van der Waals surface area contributed by atoms with Crippen molar-refractivity contribution < 1.29 is 26.4 Å². The summed E-state index contributed by atoms with van der Waals surface area (Å²) >= 11 is 5.87. The van der Waals surface area contributed by atoms with Crippen LogP contribution in [-0.2, 0) is 16.4 Å². The lowest BCUT2D eigenvalue weighted by atomic mass is 10.0. The molecule has 0 aliphatic rings. The van der Waals surface area contributed by atoms with E-state index in [1.54, 1.807) is 18.3 Å². The highest BCUT2D eigenvalue weighted by Crippen LogP contribution is 2.30. The fourth-order valence-corrected chi connectivity index (χ4v) is 5.46. The van der Waals surface area contributed by atoms with Gasteiger partial charge < -0.3 is 5.32 Å². The molecule has 3 aromatic heterocycles. The molecule has 1 amide bonds. The van der Waals surface area contributed by atoms with Crippen LogP contribution < -0.4 is 5.32 Å². The van der Waals surface area contributed by atoms with E-state index in [1.807, 2.05) is 26.0 Å². The van der Waals surface area contributed by atoms with Crippen LogP contribution in [0.2, 0.25) is 5.02 Å². The van der Waals surface area contributed by atoms with E-state index >= 15 is 4.39 Å². The van der Waals surface area contributed by atoms with Crippen molar-refractivity contribution in [3.8, 4) is 22.5 Å². The molecule has 13 heteroatoms. The van der Waals surface area contributed by atoms with Crippen molar-refractivity contribution >= 4 is 38.1 Å². The number of amides is 1. The Labute approximate surface area is 243 Å². The van der Waals surface area contributed by atoms with E-state index in [1.165, 1.54) is 18.5 Å². The molecule has 214 valence electrons. The lowest BCUT2D eigenvalue weighted by Crippen LogP contribution is -2.24. The number of carbonyl (C=O) groups excluding carboxylic acids is 1.